The molecule has 9 heteroatoms. The minimum atomic E-state index is -3.80. The molecule has 0 spiro atoms. The van der Waals surface area contributed by atoms with Crippen molar-refractivity contribution in [2.45, 2.75) is 18.7 Å². The molecule has 1 fully saturated rings. The summed E-state index contributed by atoms with van der Waals surface area (Å²) in [5, 5.41) is 10.2. The van der Waals surface area contributed by atoms with Gasteiger partial charge in [0.25, 0.3) is 10.0 Å². The van der Waals surface area contributed by atoms with Gasteiger partial charge in [0.2, 0.25) is 0 Å². The van der Waals surface area contributed by atoms with Gasteiger partial charge in [-0.3, -0.25) is 4.72 Å². The summed E-state index contributed by atoms with van der Waals surface area (Å²) in [6.07, 6.45) is 0. The predicted molar refractivity (Wildman–Crippen MR) is 125 cm³/mol. The molecule has 0 bridgehead atoms. The molecule has 8 nitrogen and oxygen atoms in total. The number of pyridine rings is 1. The van der Waals surface area contributed by atoms with Gasteiger partial charge in [0.05, 0.1) is 16.0 Å². The Balaban J connectivity index is 1.68. The van der Waals surface area contributed by atoms with Crippen LogP contribution in [0.1, 0.15) is 22.8 Å². The van der Waals surface area contributed by atoms with Gasteiger partial charge in [-0.05, 0) is 55.4 Å². The van der Waals surface area contributed by atoms with Crippen molar-refractivity contribution in [2.24, 2.45) is 0 Å². The van der Waals surface area contributed by atoms with E-state index in [0.29, 0.717) is 16.7 Å². The average Bonchev–Trinajstić information content (AvgIpc) is 2.78. The number of carboxylic acids is 1. The number of carbonyl (C=O) groups is 1. The highest BCUT2D eigenvalue weighted by molar-refractivity contribution is 7.92. The highest BCUT2D eigenvalue weighted by Crippen LogP contribution is 2.28. The van der Waals surface area contributed by atoms with Crippen molar-refractivity contribution in [1.82, 2.24) is 9.88 Å². The van der Waals surface area contributed by atoms with Crippen LogP contribution >= 0.6 is 0 Å². The van der Waals surface area contributed by atoms with Crippen LogP contribution in [0.3, 0.4) is 0 Å². The fourth-order valence-corrected chi connectivity index (χ4v) is 5.06. The number of nitrogens with zero attached hydrogens (tertiary/aromatic N) is 3. The van der Waals surface area contributed by atoms with Crippen LogP contribution in [-0.2, 0) is 10.0 Å². The van der Waals surface area contributed by atoms with Crippen molar-refractivity contribution in [1.29, 1.82) is 0 Å². The third kappa shape index (κ3) is 4.53. The molecule has 2 heterocycles. The number of rotatable bonds is 6. The van der Waals surface area contributed by atoms with E-state index in [-0.39, 0.29) is 16.1 Å². The molecule has 0 unspecified atom stereocenters. The zero-order valence-corrected chi connectivity index (χ0v) is 18.9. The van der Waals surface area contributed by atoms with E-state index >= 15 is 0 Å². The van der Waals surface area contributed by atoms with Gasteiger partial charge < -0.3 is 14.9 Å². The third-order valence-electron chi connectivity index (χ3n) is 5.72. The molecule has 0 amide bonds. The second-order valence-electron chi connectivity index (χ2n) is 7.91. The van der Waals surface area contributed by atoms with Gasteiger partial charge in [-0.25, -0.2) is 18.2 Å². The Hall–Kier alpha value is -3.17. The summed E-state index contributed by atoms with van der Waals surface area (Å²) in [7, 11) is -3.80. The van der Waals surface area contributed by atoms with Crippen LogP contribution in [0.15, 0.2) is 53.4 Å². The first-order valence-corrected chi connectivity index (χ1v) is 12.0. The largest absolute Gasteiger partial charge is 0.478 e. The predicted octanol–water partition coefficient (Wildman–Crippen LogP) is 3.18. The summed E-state index contributed by atoms with van der Waals surface area (Å²) in [5.74, 6) is -0.455. The fourth-order valence-electron chi connectivity index (χ4n) is 3.90. The molecule has 2 N–H and O–H groups in total. The van der Waals surface area contributed by atoms with Crippen LogP contribution in [0, 0.1) is 6.92 Å². The van der Waals surface area contributed by atoms with Crippen molar-refractivity contribution in [3.05, 3.63) is 59.7 Å². The molecule has 1 saturated heterocycles. The number of fused-ring (bicyclic) bond motifs is 1. The molecule has 0 aliphatic carbocycles. The first kappa shape index (κ1) is 22.0. The van der Waals surface area contributed by atoms with E-state index in [4.69, 9.17) is 0 Å². The molecule has 1 aromatic heterocycles. The van der Waals surface area contributed by atoms with Gasteiger partial charge in [-0.2, -0.15) is 0 Å². The van der Waals surface area contributed by atoms with Gasteiger partial charge in [0.15, 0.2) is 0 Å². The van der Waals surface area contributed by atoms with E-state index in [9.17, 15) is 18.3 Å². The van der Waals surface area contributed by atoms with Crippen molar-refractivity contribution in [3.63, 3.8) is 0 Å². The van der Waals surface area contributed by atoms with Crippen molar-refractivity contribution in [2.75, 3.05) is 42.3 Å². The van der Waals surface area contributed by atoms with E-state index in [1.165, 1.54) is 12.1 Å². The Morgan fingerprint density at radius 1 is 1.09 bits per heavy atom. The second-order valence-corrected chi connectivity index (χ2v) is 9.59. The molecule has 3 aromatic rings. The molecule has 1 aliphatic rings. The van der Waals surface area contributed by atoms with Gasteiger partial charge in [0, 0.05) is 37.3 Å². The number of aryl methyl sites for hydroxylation is 1. The zero-order valence-electron chi connectivity index (χ0n) is 18.1. The second kappa shape index (κ2) is 8.76. The molecule has 168 valence electrons. The molecular formula is C23H26N4O4S. The standard InChI is InChI=1S/C23H26N4O4S/c1-3-26-9-11-27(12-10-26)22-15-20(23(28)29)19-14-17(7-8-21(19)24-22)25-32(30,31)18-6-4-5-16(2)13-18/h4-8,13-15,25H,3,9-12H2,1-2H3,(H,28,29). The average molecular weight is 455 g/mol. The van der Waals surface area contributed by atoms with Crippen LogP contribution in [-0.4, -0.2) is 62.1 Å². The van der Waals surface area contributed by atoms with Crippen LogP contribution < -0.4 is 9.62 Å². The van der Waals surface area contributed by atoms with Crippen LogP contribution in [0.5, 0.6) is 0 Å². The first-order valence-electron chi connectivity index (χ1n) is 10.5. The van der Waals surface area contributed by atoms with Crippen molar-refractivity contribution < 1.29 is 18.3 Å². The van der Waals surface area contributed by atoms with Gasteiger partial charge in [0.1, 0.15) is 5.82 Å². The highest BCUT2D eigenvalue weighted by Gasteiger charge is 2.21. The van der Waals surface area contributed by atoms with E-state index < -0.39 is 16.0 Å². The lowest BCUT2D eigenvalue weighted by molar-refractivity contribution is 0.0699. The summed E-state index contributed by atoms with van der Waals surface area (Å²) in [5.41, 5.74) is 1.72. The minimum absolute atomic E-state index is 0.0968. The number of sulfonamides is 1. The Morgan fingerprint density at radius 3 is 2.50 bits per heavy atom. The van der Waals surface area contributed by atoms with E-state index in [0.717, 1.165) is 38.3 Å². The van der Waals surface area contributed by atoms with E-state index in [2.05, 4.69) is 26.4 Å². The van der Waals surface area contributed by atoms with Crippen LogP contribution in [0.25, 0.3) is 10.9 Å². The maximum Gasteiger partial charge on any atom is 0.336 e. The third-order valence-corrected chi connectivity index (χ3v) is 7.10. The molecule has 1 aliphatic heterocycles. The number of aromatic nitrogens is 1. The number of anilines is 2. The van der Waals surface area contributed by atoms with Gasteiger partial charge in [-0.1, -0.05) is 19.1 Å². The Morgan fingerprint density at radius 2 is 1.84 bits per heavy atom. The monoisotopic (exact) mass is 454 g/mol. The molecule has 0 radical (unpaired) electrons. The number of likely N-dealkylation sites (N-methyl/N-ethyl adjacent to an activating group) is 1. The van der Waals surface area contributed by atoms with Crippen LogP contribution in [0.2, 0.25) is 0 Å². The first-order chi connectivity index (χ1) is 15.3. The van der Waals surface area contributed by atoms with E-state index in [1.54, 1.807) is 30.3 Å². The molecule has 0 saturated carbocycles. The zero-order chi connectivity index (χ0) is 22.9. The van der Waals surface area contributed by atoms with Gasteiger partial charge >= 0.3 is 5.97 Å². The maximum absolute atomic E-state index is 12.8. The number of hydrogen-bond donors (Lipinski definition) is 2. The summed E-state index contributed by atoms with van der Waals surface area (Å²) in [6, 6.07) is 13.0. The topological polar surface area (TPSA) is 103 Å². The van der Waals surface area contributed by atoms with Gasteiger partial charge in [-0.15, -0.1) is 0 Å². The number of nitrogens with one attached hydrogen (secondary N) is 1. The molecule has 4 rings (SSSR count). The number of aromatic carboxylic acids is 1. The minimum Gasteiger partial charge on any atom is -0.478 e. The lowest BCUT2D eigenvalue weighted by Gasteiger charge is -2.35. The van der Waals surface area contributed by atoms with E-state index in [1.807, 2.05) is 13.0 Å². The fraction of sp³-hybridized carbons (Fsp3) is 0.304. The molecule has 2 aromatic carbocycles. The molecule has 32 heavy (non-hydrogen) atoms. The lowest BCUT2D eigenvalue weighted by atomic mass is 10.1. The van der Waals surface area contributed by atoms with Crippen LogP contribution in [0.4, 0.5) is 11.5 Å². The molecular weight excluding hydrogens is 428 g/mol. The van der Waals surface area contributed by atoms with Crippen molar-refractivity contribution >= 4 is 38.4 Å². The number of benzene rings is 2. The normalized spacial score (nSPS) is 15.1. The Kier molecular flexibility index (Phi) is 6.03. The Labute approximate surface area is 187 Å². The molecule has 0 atom stereocenters. The summed E-state index contributed by atoms with van der Waals surface area (Å²) in [6.45, 7) is 8.29. The smallest absolute Gasteiger partial charge is 0.336 e. The number of hydrogen-bond acceptors (Lipinski definition) is 6. The maximum atomic E-state index is 12.8. The summed E-state index contributed by atoms with van der Waals surface area (Å²) >= 11 is 0. The number of carboxylic acid groups (broad SMARTS) is 1. The highest BCUT2D eigenvalue weighted by atomic mass is 32.2. The summed E-state index contributed by atoms with van der Waals surface area (Å²) in [4.78, 5) is 21.3. The SMILES string of the molecule is CCN1CCN(c2cc(C(=O)O)c3cc(NS(=O)(=O)c4cccc(C)c4)ccc3n2)CC1. The summed E-state index contributed by atoms with van der Waals surface area (Å²) < 4.78 is 28.1. The quantitative estimate of drug-likeness (QED) is 0.590. The Bertz CT molecular complexity index is 1270. The van der Waals surface area contributed by atoms with Crippen molar-refractivity contribution in [3.8, 4) is 0 Å². The number of piperazine rings is 1. The lowest BCUT2D eigenvalue weighted by Crippen LogP contribution is -2.46.